The zero-order chi connectivity index (χ0) is 11.0. The zero-order valence-corrected chi connectivity index (χ0v) is 11.2. The maximum absolute atomic E-state index is 5.79. The van der Waals surface area contributed by atoms with Crippen LogP contribution in [0.25, 0.3) is 0 Å². The van der Waals surface area contributed by atoms with E-state index in [1.807, 2.05) is 6.92 Å². The van der Waals surface area contributed by atoms with Gasteiger partial charge >= 0.3 is 0 Å². The van der Waals surface area contributed by atoms with E-state index < -0.39 is 0 Å². The summed E-state index contributed by atoms with van der Waals surface area (Å²) >= 11 is 9.15. The molecule has 0 bridgehead atoms. The Balaban J connectivity index is 3.87. The SMILES string of the molecule is COCC(COC(C)(CCl)CBr)OC. The molecule has 0 spiro atoms. The monoisotopic (exact) mass is 288 g/mol. The van der Waals surface area contributed by atoms with Gasteiger partial charge in [0.2, 0.25) is 0 Å². The summed E-state index contributed by atoms with van der Waals surface area (Å²) in [4.78, 5) is 0. The minimum atomic E-state index is -0.341. The van der Waals surface area contributed by atoms with E-state index in [0.717, 1.165) is 0 Å². The van der Waals surface area contributed by atoms with Crippen LogP contribution in [-0.2, 0) is 14.2 Å². The van der Waals surface area contributed by atoms with Crippen molar-refractivity contribution >= 4 is 27.5 Å². The van der Waals surface area contributed by atoms with Gasteiger partial charge in [-0.25, -0.2) is 0 Å². The lowest BCUT2D eigenvalue weighted by Crippen LogP contribution is -2.37. The van der Waals surface area contributed by atoms with Gasteiger partial charge in [0.25, 0.3) is 0 Å². The molecule has 0 aliphatic heterocycles. The van der Waals surface area contributed by atoms with E-state index in [9.17, 15) is 0 Å². The van der Waals surface area contributed by atoms with Crippen LogP contribution >= 0.6 is 27.5 Å². The van der Waals surface area contributed by atoms with Gasteiger partial charge in [-0.15, -0.1) is 11.6 Å². The van der Waals surface area contributed by atoms with Crippen molar-refractivity contribution in [1.82, 2.24) is 0 Å². The predicted octanol–water partition coefficient (Wildman–Crippen LogP) is 2.06. The van der Waals surface area contributed by atoms with Crippen molar-refractivity contribution in [3.63, 3.8) is 0 Å². The second-order valence-corrected chi connectivity index (χ2v) is 4.17. The Bertz CT molecular complexity index is 142. The fourth-order valence-electron chi connectivity index (χ4n) is 0.777. The first-order valence-corrected chi connectivity index (χ1v) is 6.05. The summed E-state index contributed by atoms with van der Waals surface area (Å²) in [5.74, 6) is 0.446. The molecule has 0 aromatic rings. The van der Waals surface area contributed by atoms with Gasteiger partial charge in [0.05, 0.1) is 24.7 Å². The summed E-state index contributed by atoms with van der Waals surface area (Å²) in [5.41, 5.74) is -0.341. The van der Waals surface area contributed by atoms with Crippen molar-refractivity contribution in [3.05, 3.63) is 0 Å². The minimum Gasteiger partial charge on any atom is -0.382 e. The van der Waals surface area contributed by atoms with E-state index in [-0.39, 0.29) is 11.7 Å². The molecule has 0 aromatic carbocycles. The average molecular weight is 290 g/mol. The lowest BCUT2D eigenvalue weighted by atomic mass is 10.2. The molecule has 0 N–H and O–H groups in total. The number of hydrogen-bond acceptors (Lipinski definition) is 3. The number of rotatable bonds is 8. The summed E-state index contributed by atoms with van der Waals surface area (Å²) in [6, 6.07) is 0. The third kappa shape index (κ3) is 5.51. The van der Waals surface area contributed by atoms with Crippen LogP contribution in [0.3, 0.4) is 0 Å². The molecule has 0 saturated heterocycles. The van der Waals surface area contributed by atoms with Crippen molar-refractivity contribution in [2.45, 2.75) is 18.6 Å². The minimum absolute atomic E-state index is 0.0402. The molecule has 86 valence electrons. The van der Waals surface area contributed by atoms with Crippen molar-refractivity contribution in [3.8, 4) is 0 Å². The number of alkyl halides is 2. The molecule has 0 rings (SSSR count). The van der Waals surface area contributed by atoms with Gasteiger partial charge in [0.15, 0.2) is 0 Å². The smallest absolute Gasteiger partial charge is 0.104 e. The van der Waals surface area contributed by atoms with Gasteiger partial charge in [-0.1, -0.05) is 15.9 Å². The highest BCUT2D eigenvalue weighted by Crippen LogP contribution is 2.16. The first kappa shape index (κ1) is 14.6. The quantitative estimate of drug-likeness (QED) is 0.640. The van der Waals surface area contributed by atoms with Crippen LogP contribution in [0.15, 0.2) is 0 Å². The third-order valence-corrected chi connectivity index (χ3v) is 3.62. The van der Waals surface area contributed by atoms with Gasteiger partial charge in [-0.05, 0) is 6.92 Å². The lowest BCUT2D eigenvalue weighted by Gasteiger charge is -2.27. The fourth-order valence-corrected chi connectivity index (χ4v) is 1.54. The van der Waals surface area contributed by atoms with Gasteiger partial charge in [0.1, 0.15) is 6.10 Å². The summed E-state index contributed by atoms with van der Waals surface area (Å²) in [5, 5.41) is 0.701. The topological polar surface area (TPSA) is 27.7 Å². The molecule has 0 aliphatic carbocycles. The van der Waals surface area contributed by atoms with Crippen molar-refractivity contribution in [2.24, 2.45) is 0 Å². The van der Waals surface area contributed by atoms with E-state index >= 15 is 0 Å². The van der Waals surface area contributed by atoms with Crippen LogP contribution < -0.4 is 0 Å². The normalized spacial score (nSPS) is 17.8. The molecular formula is C9H18BrClO3. The zero-order valence-electron chi connectivity index (χ0n) is 8.89. The Morgan fingerprint density at radius 3 is 2.36 bits per heavy atom. The molecule has 0 heterocycles. The highest BCUT2D eigenvalue weighted by molar-refractivity contribution is 9.09. The summed E-state index contributed by atoms with van der Waals surface area (Å²) in [6.07, 6.45) is -0.0402. The maximum Gasteiger partial charge on any atom is 0.104 e. The first-order chi connectivity index (χ1) is 6.61. The van der Waals surface area contributed by atoms with Crippen LogP contribution in [-0.4, -0.2) is 50.3 Å². The van der Waals surface area contributed by atoms with Crippen LogP contribution in [0, 0.1) is 0 Å². The Morgan fingerprint density at radius 1 is 1.36 bits per heavy atom. The molecule has 2 unspecified atom stereocenters. The van der Waals surface area contributed by atoms with Crippen LogP contribution in [0.5, 0.6) is 0 Å². The molecule has 0 aliphatic rings. The molecule has 0 saturated carbocycles. The summed E-state index contributed by atoms with van der Waals surface area (Å²) < 4.78 is 15.8. The summed E-state index contributed by atoms with van der Waals surface area (Å²) in [7, 11) is 3.27. The second-order valence-electron chi connectivity index (χ2n) is 3.34. The van der Waals surface area contributed by atoms with E-state index in [4.69, 9.17) is 25.8 Å². The largest absolute Gasteiger partial charge is 0.382 e. The molecule has 0 fully saturated rings. The Labute approximate surface area is 99.2 Å². The van der Waals surface area contributed by atoms with Crippen LogP contribution in [0.4, 0.5) is 0 Å². The van der Waals surface area contributed by atoms with Crippen molar-refractivity contribution < 1.29 is 14.2 Å². The molecule has 2 atom stereocenters. The first-order valence-electron chi connectivity index (χ1n) is 4.39. The molecule has 14 heavy (non-hydrogen) atoms. The van der Waals surface area contributed by atoms with Gasteiger partial charge in [0, 0.05) is 19.5 Å². The highest BCUT2D eigenvalue weighted by atomic mass is 79.9. The molecule has 5 heteroatoms. The number of halogens is 2. The fraction of sp³-hybridized carbons (Fsp3) is 1.00. The highest BCUT2D eigenvalue weighted by Gasteiger charge is 2.24. The Kier molecular flexibility index (Phi) is 8.25. The Hall–Kier alpha value is 0.650. The van der Waals surface area contributed by atoms with E-state index in [2.05, 4.69) is 15.9 Å². The molecule has 0 aromatic heterocycles. The van der Waals surface area contributed by atoms with Crippen molar-refractivity contribution in [1.29, 1.82) is 0 Å². The average Bonchev–Trinajstić information content (AvgIpc) is 2.23. The maximum atomic E-state index is 5.79. The number of ether oxygens (including phenoxy) is 3. The molecule has 3 nitrogen and oxygen atoms in total. The molecule has 0 amide bonds. The number of hydrogen-bond donors (Lipinski definition) is 0. The summed E-state index contributed by atoms with van der Waals surface area (Å²) in [6.45, 7) is 2.96. The van der Waals surface area contributed by atoms with Crippen molar-refractivity contribution in [2.75, 3.05) is 38.6 Å². The predicted molar refractivity (Wildman–Crippen MR) is 61.5 cm³/mol. The molecule has 0 radical (unpaired) electrons. The van der Waals surface area contributed by atoms with Crippen LogP contribution in [0.2, 0.25) is 0 Å². The Morgan fingerprint density at radius 2 is 2.00 bits per heavy atom. The van der Waals surface area contributed by atoms with Crippen LogP contribution in [0.1, 0.15) is 6.92 Å². The van der Waals surface area contributed by atoms with E-state index in [1.54, 1.807) is 14.2 Å². The van der Waals surface area contributed by atoms with E-state index in [0.29, 0.717) is 24.4 Å². The number of methoxy groups -OCH3 is 2. The van der Waals surface area contributed by atoms with E-state index in [1.165, 1.54) is 0 Å². The standard InChI is InChI=1S/C9H18BrClO3/c1-9(6-10,7-11)14-5-8(13-3)4-12-2/h8H,4-7H2,1-3H3. The van der Waals surface area contributed by atoms with Gasteiger partial charge < -0.3 is 14.2 Å². The second kappa shape index (κ2) is 7.88. The molecular weight excluding hydrogens is 271 g/mol. The third-order valence-electron chi connectivity index (χ3n) is 1.87. The lowest BCUT2D eigenvalue weighted by molar-refractivity contribution is -0.0758. The van der Waals surface area contributed by atoms with Gasteiger partial charge in [-0.2, -0.15) is 0 Å². The van der Waals surface area contributed by atoms with Gasteiger partial charge in [-0.3, -0.25) is 0 Å².